The van der Waals surface area contributed by atoms with Crippen LogP contribution in [-0.2, 0) is 4.74 Å². The van der Waals surface area contributed by atoms with Crippen molar-refractivity contribution in [3.63, 3.8) is 0 Å². The smallest absolute Gasteiger partial charge is 0.0900 e. The Kier molecular flexibility index (Phi) is 5.19. The van der Waals surface area contributed by atoms with Gasteiger partial charge in [-0.25, -0.2) is 0 Å². The predicted octanol–water partition coefficient (Wildman–Crippen LogP) is 1.12. The lowest BCUT2D eigenvalue weighted by Gasteiger charge is -2.37. The van der Waals surface area contributed by atoms with Crippen molar-refractivity contribution in [3.8, 4) is 0 Å². The molecule has 19 heavy (non-hydrogen) atoms. The van der Waals surface area contributed by atoms with Gasteiger partial charge in [0, 0.05) is 45.5 Å². The molecule has 1 aliphatic heterocycles. The number of nitrogens with zero attached hydrogens (tertiary/aromatic N) is 2. The van der Waals surface area contributed by atoms with Gasteiger partial charge in [-0.05, 0) is 24.6 Å². The third kappa shape index (κ3) is 4.20. The van der Waals surface area contributed by atoms with Gasteiger partial charge in [0.05, 0.1) is 12.7 Å². The van der Waals surface area contributed by atoms with Crippen molar-refractivity contribution in [2.45, 2.75) is 13.0 Å². The quantitative estimate of drug-likeness (QED) is 0.865. The second kappa shape index (κ2) is 6.89. The molecule has 0 spiro atoms. The number of methoxy groups -OCH3 is 1. The Morgan fingerprint density at radius 1 is 1.26 bits per heavy atom. The molecule has 1 unspecified atom stereocenters. The van der Waals surface area contributed by atoms with Crippen LogP contribution < -0.4 is 4.90 Å². The van der Waals surface area contributed by atoms with Crippen LogP contribution in [0.3, 0.4) is 0 Å². The standard InChI is InChI=1S/C15H24N2O2/c1-13-4-3-5-14(10-13)17-8-6-16(7-9-17)11-15(18)12-19-2/h3-5,10,15,18H,6-9,11-12H2,1-2H3. The molecule has 1 aromatic rings. The Bertz CT molecular complexity index is 389. The van der Waals surface area contributed by atoms with E-state index in [0.29, 0.717) is 13.2 Å². The van der Waals surface area contributed by atoms with Crippen molar-refractivity contribution >= 4 is 5.69 Å². The molecule has 1 heterocycles. The Labute approximate surface area is 115 Å². The van der Waals surface area contributed by atoms with E-state index < -0.39 is 0 Å². The van der Waals surface area contributed by atoms with Gasteiger partial charge in [0.15, 0.2) is 0 Å². The normalized spacial score (nSPS) is 18.6. The third-order valence-corrected chi connectivity index (χ3v) is 3.57. The van der Waals surface area contributed by atoms with Gasteiger partial charge in [-0.2, -0.15) is 0 Å². The second-order valence-electron chi connectivity index (χ2n) is 5.24. The first-order valence-corrected chi connectivity index (χ1v) is 6.90. The van der Waals surface area contributed by atoms with Crippen LogP contribution in [0.5, 0.6) is 0 Å². The van der Waals surface area contributed by atoms with E-state index in [1.165, 1.54) is 11.3 Å². The molecule has 1 aromatic carbocycles. The summed E-state index contributed by atoms with van der Waals surface area (Å²) in [5, 5.41) is 9.74. The van der Waals surface area contributed by atoms with E-state index in [1.807, 2.05) is 0 Å². The predicted molar refractivity (Wildman–Crippen MR) is 77.7 cm³/mol. The highest BCUT2D eigenvalue weighted by atomic mass is 16.5. The van der Waals surface area contributed by atoms with Gasteiger partial charge in [0.25, 0.3) is 0 Å². The van der Waals surface area contributed by atoms with Crippen molar-refractivity contribution in [1.82, 2.24) is 4.90 Å². The van der Waals surface area contributed by atoms with Crippen molar-refractivity contribution in [2.24, 2.45) is 0 Å². The maximum Gasteiger partial charge on any atom is 0.0900 e. The molecular formula is C15H24N2O2. The molecule has 106 valence electrons. The molecule has 0 saturated carbocycles. The Balaban J connectivity index is 1.82. The van der Waals surface area contributed by atoms with Gasteiger partial charge < -0.3 is 14.7 Å². The van der Waals surface area contributed by atoms with E-state index in [4.69, 9.17) is 4.74 Å². The Morgan fingerprint density at radius 3 is 2.63 bits per heavy atom. The van der Waals surface area contributed by atoms with Crippen molar-refractivity contribution < 1.29 is 9.84 Å². The van der Waals surface area contributed by atoms with Crippen LogP contribution in [0.1, 0.15) is 5.56 Å². The molecule has 1 saturated heterocycles. The fraction of sp³-hybridized carbons (Fsp3) is 0.600. The molecule has 1 fully saturated rings. The number of hydrogen-bond donors (Lipinski definition) is 1. The number of aliphatic hydroxyl groups excluding tert-OH is 1. The molecule has 0 bridgehead atoms. The molecule has 0 amide bonds. The number of aryl methyl sites for hydroxylation is 1. The summed E-state index contributed by atoms with van der Waals surface area (Å²) in [6, 6.07) is 8.64. The van der Waals surface area contributed by atoms with E-state index in [2.05, 4.69) is 41.0 Å². The zero-order valence-corrected chi connectivity index (χ0v) is 11.9. The first kappa shape index (κ1) is 14.3. The van der Waals surface area contributed by atoms with Crippen LogP contribution in [0.25, 0.3) is 0 Å². The highest BCUT2D eigenvalue weighted by Gasteiger charge is 2.19. The summed E-state index contributed by atoms with van der Waals surface area (Å²) in [7, 11) is 1.62. The van der Waals surface area contributed by atoms with Crippen molar-refractivity contribution in [1.29, 1.82) is 0 Å². The molecule has 4 nitrogen and oxygen atoms in total. The molecule has 4 heteroatoms. The fourth-order valence-corrected chi connectivity index (χ4v) is 2.56. The van der Waals surface area contributed by atoms with Crippen LogP contribution in [0.4, 0.5) is 5.69 Å². The van der Waals surface area contributed by atoms with Gasteiger partial charge in [-0.1, -0.05) is 12.1 Å². The minimum absolute atomic E-state index is 0.379. The van der Waals surface area contributed by atoms with E-state index in [9.17, 15) is 5.11 Å². The number of aliphatic hydroxyl groups is 1. The summed E-state index contributed by atoms with van der Waals surface area (Å²) in [5.74, 6) is 0. The summed E-state index contributed by atoms with van der Waals surface area (Å²) in [6.45, 7) is 7.27. The maximum absolute atomic E-state index is 9.74. The summed E-state index contributed by atoms with van der Waals surface area (Å²) >= 11 is 0. The number of piperazine rings is 1. The minimum Gasteiger partial charge on any atom is -0.389 e. The largest absolute Gasteiger partial charge is 0.389 e. The summed E-state index contributed by atoms with van der Waals surface area (Å²) < 4.78 is 4.96. The van der Waals surface area contributed by atoms with E-state index in [1.54, 1.807) is 7.11 Å². The van der Waals surface area contributed by atoms with Gasteiger partial charge in [-0.3, -0.25) is 4.90 Å². The van der Waals surface area contributed by atoms with Crippen molar-refractivity contribution in [3.05, 3.63) is 29.8 Å². The zero-order chi connectivity index (χ0) is 13.7. The molecule has 1 N–H and O–H groups in total. The van der Waals surface area contributed by atoms with Crippen molar-refractivity contribution in [2.75, 3.05) is 51.3 Å². The minimum atomic E-state index is -0.379. The summed E-state index contributed by atoms with van der Waals surface area (Å²) in [5.41, 5.74) is 2.60. The van der Waals surface area contributed by atoms with Crippen LogP contribution in [0.2, 0.25) is 0 Å². The number of rotatable bonds is 5. The van der Waals surface area contributed by atoms with E-state index >= 15 is 0 Å². The first-order chi connectivity index (χ1) is 9.19. The van der Waals surface area contributed by atoms with Gasteiger partial charge >= 0.3 is 0 Å². The van der Waals surface area contributed by atoms with Crippen LogP contribution in [0, 0.1) is 6.92 Å². The maximum atomic E-state index is 9.74. The molecule has 0 aliphatic carbocycles. The average Bonchev–Trinajstić information content (AvgIpc) is 2.40. The van der Waals surface area contributed by atoms with Crippen LogP contribution in [0.15, 0.2) is 24.3 Å². The number of β-amino-alcohol motifs (C(OH)–C–C–N with tert-alkyl or cyclic N) is 1. The highest BCUT2D eigenvalue weighted by Crippen LogP contribution is 2.17. The Morgan fingerprint density at radius 2 is 2.00 bits per heavy atom. The average molecular weight is 264 g/mol. The lowest BCUT2D eigenvalue weighted by Crippen LogP contribution is -2.49. The van der Waals surface area contributed by atoms with E-state index in [-0.39, 0.29) is 6.10 Å². The molecular weight excluding hydrogens is 240 g/mol. The lowest BCUT2D eigenvalue weighted by molar-refractivity contribution is 0.0365. The SMILES string of the molecule is COCC(O)CN1CCN(c2cccc(C)c2)CC1. The van der Waals surface area contributed by atoms with Gasteiger partial charge in [0.2, 0.25) is 0 Å². The molecule has 1 aliphatic rings. The number of benzene rings is 1. The molecule has 2 rings (SSSR count). The second-order valence-corrected chi connectivity index (χ2v) is 5.24. The van der Waals surface area contributed by atoms with Gasteiger partial charge in [0.1, 0.15) is 0 Å². The molecule has 1 atom stereocenters. The zero-order valence-electron chi connectivity index (χ0n) is 11.9. The highest BCUT2D eigenvalue weighted by molar-refractivity contribution is 5.48. The summed E-state index contributed by atoms with van der Waals surface area (Å²) in [6.07, 6.45) is -0.379. The summed E-state index contributed by atoms with van der Waals surface area (Å²) in [4.78, 5) is 4.71. The number of anilines is 1. The third-order valence-electron chi connectivity index (χ3n) is 3.57. The molecule has 0 radical (unpaired) electrons. The molecule has 0 aromatic heterocycles. The van der Waals surface area contributed by atoms with E-state index in [0.717, 1.165) is 26.2 Å². The van der Waals surface area contributed by atoms with Gasteiger partial charge in [-0.15, -0.1) is 0 Å². The van der Waals surface area contributed by atoms with Crippen LogP contribution >= 0.6 is 0 Å². The Hall–Kier alpha value is -1.10. The first-order valence-electron chi connectivity index (χ1n) is 6.90. The number of ether oxygens (including phenoxy) is 1. The topological polar surface area (TPSA) is 35.9 Å². The monoisotopic (exact) mass is 264 g/mol. The number of hydrogen-bond acceptors (Lipinski definition) is 4. The lowest BCUT2D eigenvalue weighted by atomic mass is 10.2. The van der Waals surface area contributed by atoms with Crippen LogP contribution in [-0.4, -0.2) is 62.6 Å². The fourth-order valence-electron chi connectivity index (χ4n) is 2.56.